The number of rotatable bonds is 8. The molecule has 0 saturated heterocycles. The molecule has 27 heavy (non-hydrogen) atoms. The first-order valence-electron chi connectivity index (χ1n) is 9.15. The molecule has 2 aromatic carbocycles. The number of thioether (sulfide) groups is 1. The molecule has 1 N–H and O–H groups in total. The van der Waals surface area contributed by atoms with Crippen LogP contribution in [-0.4, -0.2) is 39.0 Å². The Hall–Kier alpha value is -2.34. The maximum Gasteiger partial charge on any atom is 0.220 e. The van der Waals surface area contributed by atoms with Crippen LogP contribution in [0.5, 0.6) is 11.5 Å². The van der Waals surface area contributed by atoms with Gasteiger partial charge in [-0.1, -0.05) is 12.1 Å². The van der Waals surface area contributed by atoms with E-state index in [0.29, 0.717) is 13.0 Å². The van der Waals surface area contributed by atoms with Crippen LogP contribution >= 0.6 is 11.8 Å². The van der Waals surface area contributed by atoms with E-state index in [-0.39, 0.29) is 5.91 Å². The van der Waals surface area contributed by atoms with E-state index in [1.54, 1.807) is 14.2 Å². The van der Waals surface area contributed by atoms with Crippen LogP contribution in [-0.2, 0) is 11.3 Å². The minimum absolute atomic E-state index is 0.0625. The molecule has 0 saturated carbocycles. The summed E-state index contributed by atoms with van der Waals surface area (Å²) in [6, 6.07) is 14.1. The maximum absolute atomic E-state index is 12.2. The Morgan fingerprint density at radius 2 is 2.04 bits per heavy atom. The van der Waals surface area contributed by atoms with Gasteiger partial charge in [-0.25, -0.2) is 0 Å². The molecule has 0 aliphatic carbocycles. The highest BCUT2D eigenvalue weighted by atomic mass is 32.2. The van der Waals surface area contributed by atoms with Crippen molar-refractivity contribution in [1.82, 2.24) is 5.32 Å². The van der Waals surface area contributed by atoms with E-state index in [9.17, 15) is 4.79 Å². The smallest absolute Gasteiger partial charge is 0.220 e. The number of hydrogen-bond donors (Lipinski definition) is 1. The number of nitrogens with zero attached hydrogens (tertiary/aromatic N) is 1. The maximum atomic E-state index is 12.2. The van der Waals surface area contributed by atoms with Crippen LogP contribution in [0.2, 0.25) is 0 Å². The summed E-state index contributed by atoms with van der Waals surface area (Å²) in [7, 11) is 3.24. The van der Waals surface area contributed by atoms with Crippen molar-refractivity contribution < 1.29 is 14.3 Å². The van der Waals surface area contributed by atoms with Crippen molar-refractivity contribution in [1.29, 1.82) is 0 Å². The predicted molar refractivity (Wildman–Crippen MR) is 110 cm³/mol. The van der Waals surface area contributed by atoms with E-state index >= 15 is 0 Å². The number of ether oxygens (including phenoxy) is 2. The lowest BCUT2D eigenvalue weighted by molar-refractivity contribution is -0.121. The molecule has 1 aliphatic rings. The normalized spacial score (nSPS) is 13.0. The molecule has 1 aliphatic heterocycles. The number of fused-ring (bicyclic) bond motifs is 1. The highest BCUT2D eigenvalue weighted by Gasteiger charge is 2.16. The molecule has 144 valence electrons. The molecule has 0 bridgehead atoms. The molecule has 0 atom stereocenters. The van der Waals surface area contributed by atoms with Crippen LogP contribution < -0.4 is 19.7 Å². The lowest BCUT2D eigenvalue weighted by atomic mass is 10.2. The van der Waals surface area contributed by atoms with Gasteiger partial charge < -0.3 is 19.7 Å². The second-order valence-corrected chi connectivity index (χ2v) is 7.50. The molecule has 6 heteroatoms. The number of carbonyl (C=O) groups is 1. The van der Waals surface area contributed by atoms with Gasteiger partial charge in [-0.3, -0.25) is 4.79 Å². The van der Waals surface area contributed by atoms with Gasteiger partial charge in [-0.05, 0) is 30.7 Å². The predicted octanol–water partition coefficient (Wildman–Crippen LogP) is 3.71. The van der Waals surface area contributed by atoms with E-state index in [1.165, 1.54) is 10.6 Å². The Kier molecular flexibility index (Phi) is 6.87. The first-order valence-corrected chi connectivity index (χ1v) is 10.1. The zero-order valence-corrected chi connectivity index (χ0v) is 16.7. The minimum Gasteiger partial charge on any atom is -0.497 e. The SMILES string of the molecule is COc1ccc(CNC(=O)CCCN2CCSc3ccccc32)c(OC)c1. The standard InChI is InChI=1S/C21H26N2O3S/c1-25-17-10-9-16(19(14-17)26-2)15-22-21(24)8-5-11-23-12-13-27-20-7-4-3-6-18(20)23/h3-4,6-7,9-10,14H,5,8,11-13,15H2,1-2H3,(H,22,24). The average molecular weight is 387 g/mol. The molecule has 0 radical (unpaired) electrons. The summed E-state index contributed by atoms with van der Waals surface area (Å²) < 4.78 is 10.6. The average Bonchev–Trinajstić information content (AvgIpc) is 2.72. The van der Waals surface area contributed by atoms with Crippen molar-refractivity contribution in [3.05, 3.63) is 48.0 Å². The van der Waals surface area contributed by atoms with Crippen LogP contribution in [0.4, 0.5) is 5.69 Å². The first kappa shape index (κ1) is 19.4. The van der Waals surface area contributed by atoms with Gasteiger partial charge in [0.15, 0.2) is 0 Å². The fourth-order valence-corrected chi connectivity index (χ4v) is 4.22. The van der Waals surface area contributed by atoms with Crippen LogP contribution in [0.15, 0.2) is 47.4 Å². The fraction of sp³-hybridized carbons (Fsp3) is 0.381. The fourth-order valence-electron chi connectivity index (χ4n) is 3.17. The molecule has 0 unspecified atom stereocenters. The van der Waals surface area contributed by atoms with E-state index in [2.05, 4.69) is 34.5 Å². The van der Waals surface area contributed by atoms with Crippen LogP contribution in [0.3, 0.4) is 0 Å². The second-order valence-electron chi connectivity index (χ2n) is 6.36. The lowest BCUT2D eigenvalue weighted by Crippen LogP contribution is -2.31. The zero-order chi connectivity index (χ0) is 19.1. The monoisotopic (exact) mass is 386 g/mol. The third-order valence-corrected chi connectivity index (χ3v) is 5.67. The Bertz CT molecular complexity index is 782. The van der Waals surface area contributed by atoms with Gasteiger partial charge in [-0.15, -0.1) is 11.8 Å². The van der Waals surface area contributed by atoms with E-state index in [1.807, 2.05) is 30.0 Å². The molecule has 1 heterocycles. The van der Waals surface area contributed by atoms with Gasteiger partial charge in [0.2, 0.25) is 5.91 Å². The molecular formula is C21H26N2O3S. The Labute approximate surface area is 165 Å². The van der Waals surface area contributed by atoms with E-state index < -0.39 is 0 Å². The number of amides is 1. The molecular weight excluding hydrogens is 360 g/mol. The van der Waals surface area contributed by atoms with Crippen molar-refractivity contribution in [3.8, 4) is 11.5 Å². The Morgan fingerprint density at radius 3 is 2.85 bits per heavy atom. The summed E-state index contributed by atoms with van der Waals surface area (Å²) in [5.74, 6) is 2.62. The molecule has 1 amide bonds. The summed E-state index contributed by atoms with van der Waals surface area (Å²) in [4.78, 5) is 15.9. The first-order chi connectivity index (χ1) is 13.2. The quantitative estimate of drug-likeness (QED) is 0.749. The Balaban J connectivity index is 1.46. The van der Waals surface area contributed by atoms with Crippen LogP contribution in [0.25, 0.3) is 0 Å². The molecule has 0 fully saturated rings. The number of para-hydroxylation sites is 1. The third kappa shape index (κ3) is 5.10. The largest absolute Gasteiger partial charge is 0.497 e. The van der Waals surface area contributed by atoms with Crippen molar-refractivity contribution in [3.63, 3.8) is 0 Å². The molecule has 0 aromatic heterocycles. The molecule has 5 nitrogen and oxygen atoms in total. The Morgan fingerprint density at radius 1 is 1.19 bits per heavy atom. The van der Waals surface area contributed by atoms with Crippen molar-refractivity contribution in [2.45, 2.75) is 24.3 Å². The third-order valence-electron chi connectivity index (χ3n) is 4.63. The molecule has 3 rings (SSSR count). The number of carbonyl (C=O) groups excluding carboxylic acids is 1. The second kappa shape index (κ2) is 9.55. The summed E-state index contributed by atoms with van der Waals surface area (Å²) in [6.45, 7) is 2.39. The minimum atomic E-state index is 0.0625. The molecule has 2 aromatic rings. The summed E-state index contributed by atoms with van der Waals surface area (Å²) >= 11 is 1.90. The van der Waals surface area contributed by atoms with Crippen LogP contribution in [0.1, 0.15) is 18.4 Å². The number of methoxy groups -OCH3 is 2. The number of anilines is 1. The van der Waals surface area contributed by atoms with Gasteiger partial charge in [-0.2, -0.15) is 0 Å². The number of benzene rings is 2. The van der Waals surface area contributed by atoms with Gasteiger partial charge >= 0.3 is 0 Å². The van der Waals surface area contributed by atoms with Gasteiger partial charge in [0.05, 0.1) is 19.9 Å². The van der Waals surface area contributed by atoms with Crippen molar-refractivity contribution >= 4 is 23.4 Å². The van der Waals surface area contributed by atoms with Crippen molar-refractivity contribution in [2.24, 2.45) is 0 Å². The van der Waals surface area contributed by atoms with Crippen molar-refractivity contribution in [2.75, 3.05) is 38.0 Å². The summed E-state index contributed by atoms with van der Waals surface area (Å²) in [6.07, 6.45) is 1.36. The number of hydrogen-bond acceptors (Lipinski definition) is 5. The molecule has 0 spiro atoms. The summed E-state index contributed by atoms with van der Waals surface area (Å²) in [5, 5.41) is 2.99. The van der Waals surface area contributed by atoms with Gasteiger partial charge in [0.25, 0.3) is 0 Å². The number of nitrogens with one attached hydrogen (secondary N) is 1. The van der Waals surface area contributed by atoms with Gasteiger partial charge in [0, 0.05) is 48.3 Å². The highest BCUT2D eigenvalue weighted by molar-refractivity contribution is 7.99. The van der Waals surface area contributed by atoms with Crippen LogP contribution in [0, 0.1) is 0 Å². The van der Waals surface area contributed by atoms with E-state index in [0.717, 1.165) is 42.3 Å². The zero-order valence-electron chi connectivity index (χ0n) is 15.9. The van der Waals surface area contributed by atoms with E-state index in [4.69, 9.17) is 9.47 Å². The summed E-state index contributed by atoms with van der Waals surface area (Å²) in [5.41, 5.74) is 2.23. The topological polar surface area (TPSA) is 50.8 Å². The highest BCUT2D eigenvalue weighted by Crippen LogP contribution is 2.34. The lowest BCUT2D eigenvalue weighted by Gasteiger charge is -2.30. The van der Waals surface area contributed by atoms with Gasteiger partial charge in [0.1, 0.15) is 11.5 Å².